The molecule has 1 aromatic heterocycles. The number of pyridine rings is 1. The van der Waals surface area contributed by atoms with Crippen LogP contribution in [0.5, 0.6) is 11.5 Å². The molecule has 1 aliphatic rings. The van der Waals surface area contributed by atoms with E-state index in [1.54, 1.807) is 53.7 Å². The highest BCUT2D eigenvalue weighted by Gasteiger charge is 2.39. The number of anilines is 1. The predicted octanol–water partition coefficient (Wildman–Crippen LogP) is 6.20. The van der Waals surface area contributed by atoms with Crippen molar-refractivity contribution in [3.63, 3.8) is 0 Å². The van der Waals surface area contributed by atoms with Gasteiger partial charge in [-0.2, -0.15) is 0 Å². The molecule has 0 aliphatic carbocycles. The number of carbonyl (C=O) groups excluding carboxylic acids is 2. The maximum absolute atomic E-state index is 13.4. The van der Waals surface area contributed by atoms with Crippen molar-refractivity contribution in [3.8, 4) is 11.5 Å². The zero-order valence-corrected chi connectivity index (χ0v) is 22.0. The van der Waals surface area contributed by atoms with Gasteiger partial charge >= 0.3 is 0 Å². The number of amides is 2. The number of carbonyl (C=O) groups is 2. The fourth-order valence-corrected chi connectivity index (χ4v) is 5.45. The first-order chi connectivity index (χ1) is 19.0. The maximum Gasteiger partial charge on any atom is 0.247 e. The molecular formula is C31H28FN3O3S. The Labute approximate surface area is 231 Å². The van der Waals surface area contributed by atoms with Crippen molar-refractivity contribution in [3.05, 3.63) is 115 Å². The Kier molecular flexibility index (Phi) is 8.53. The number of aromatic nitrogens is 1. The third-order valence-electron chi connectivity index (χ3n) is 6.56. The minimum Gasteiger partial charge on any atom is -0.457 e. The summed E-state index contributed by atoms with van der Waals surface area (Å²) in [6.07, 6.45) is 4.80. The van der Waals surface area contributed by atoms with Gasteiger partial charge in [-0.15, -0.1) is 11.8 Å². The number of nitrogens with one attached hydrogen (secondary N) is 1. The van der Waals surface area contributed by atoms with Crippen LogP contribution in [-0.4, -0.2) is 40.0 Å². The lowest BCUT2D eigenvalue weighted by Crippen LogP contribution is -2.44. The predicted molar refractivity (Wildman–Crippen MR) is 150 cm³/mol. The number of nitrogens with zero attached hydrogens (tertiary/aromatic N) is 2. The average molecular weight is 542 g/mol. The van der Waals surface area contributed by atoms with Crippen molar-refractivity contribution in [2.75, 3.05) is 17.6 Å². The van der Waals surface area contributed by atoms with Gasteiger partial charge in [0.1, 0.15) is 23.4 Å². The summed E-state index contributed by atoms with van der Waals surface area (Å²) in [7, 11) is 0. The molecule has 39 heavy (non-hydrogen) atoms. The lowest BCUT2D eigenvalue weighted by molar-refractivity contribution is -0.134. The molecule has 0 saturated carbocycles. The van der Waals surface area contributed by atoms with Crippen molar-refractivity contribution in [2.45, 2.75) is 23.8 Å². The monoisotopic (exact) mass is 541 g/mol. The molecule has 6 nitrogen and oxygen atoms in total. The third kappa shape index (κ3) is 7.23. The van der Waals surface area contributed by atoms with Gasteiger partial charge in [-0.3, -0.25) is 14.6 Å². The lowest BCUT2D eigenvalue weighted by atomic mass is 9.96. The van der Waals surface area contributed by atoms with E-state index >= 15 is 0 Å². The molecule has 198 valence electrons. The SMILES string of the molecule is O=C(Nc1ccc(Oc2ccc(F)cc2)cc1)[C@H]1C[C@@H](Cc2ccccc2)CN1C(=O)CSc1ccncc1. The third-order valence-corrected chi connectivity index (χ3v) is 7.56. The minimum atomic E-state index is -0.556. The largest absolute Gasteiger partial charge is 0.457 e. The molecule has 1 fully saturated rings. The topological polar surface area (TPSA) is 71.5 Å². The van der Waals surface area contributed by atoms with Crippen LogP contribution in [0.25, 0.3) is 0 Å². The summed E-state index contributed by atoms with van der Waals surface area (Å²) >= 11 is 1.44. The summed E-state index contributed by atoms with van der Waals surface area (Å²) in [4.78, 5) is 33.4. The molecule has 1 saturated heterocycles. The molecule has 1 aliphatic heterocycles. The Bertz CT molecular complexity index is 1390. The molecule has 8 heteroatoms. The summed E-state index contributed by atoms with van der Waals surface area (Å²) in [6, 6.07) is 26.1. The van der Waals surface area contributed by atoms with Crippen LogP contribution in [0.4, 0.5) is 10.1 Å². The van der Waals surface area contributed by atoms with E-state index in [4.69, 9.17) is 4.74 Å². The highest BCUT2D eigenvalue weighted by atomic mass is 32.2. The van der Waals surface area contributed by atoms with Crippen molar-refractivity contribution < 1.29 is 18.7 Å². The Morgan fingerprint density at radius 3 is 2.28 bits per heavy atom. The van der Waals surface area contributed by atoms with Crippen molar-refractivity contribution in [2.24, 2.45) is 5.92 Å². The molecule has 2 atom stereocenters. The fraction of sp³-hybridized carbons (Fsp3) is 0.194. The van der Waals surface area contributed by atoms with Gasteiger partial charge < -0.3 is 15.0 Å². The molecule has 0 unspecified atom stereocenters. The van der Waals surface area contributed by atoms with Gasteiger partial charge in [-0.1, -0.05) is 30.3 Å². The van der Waals surface area contributed by atoms with Gasteiger partial charge in [0, 0.05) is 29.5 Å². The summed E-state index contributed by atoms with van der Waals surface area (Å²) in [6.45, 7) is 0.535. The van der Waals surface area contributed by atoms with E-state index in [1.807, 2.05) is 30.3 Å². The van der Waals surface area contributed by atoms with E-state index in [0.29, 0.717) is 30.2 Å². The number of likely N-dealkylation sites (tertiary alicyclic amines) is 1. The average Bonchev–Trinajstić information content (AvgIpc) is 3.39. The van der Waals surface area contributed by atoms with Crippen LogP contribution < -0.4 is 10.1 Å². The Morgan fingerprint density at radius 2 is 1.59 bits per heavy atom. The first-order valence-electron chi connectivity index (χ1n) is 12.7. The smallest absolute Gasteiger partial charge is 0.247 e. The second kappa shape index (κ2) is 12.6. The van der Waals surface area contributed by atoms with Crippen LogP contribution in [0.3, 0.4) is 0 Å². The number of ether oxygens (including phenoxy) is 1. The molecule has 2 amide bonds. The van der Waals surface area contributed by atoms with Crippen LogP contribution in [-0.2, 0) is 16.0 Å². The molecule has 0 spiro atoms. The number of halogens is 1. The normalized spacial score (nSPS) is 16.6. The number of hydrogen-bond acceptors (Lipinski definition) is 5. The standard InChI is InChI=1S/C31H28FN3O3S/c32-24-6-10-26(11-7-24)38-27-12-8-25(9-13-27)34-31(37)29-19-23(18-22-4-2-1-3-5-22)20-35(29)30(36)21-39-28-14-16-33-17-15-28/h1-17,23,29H,18-21H2,(H,34,37)/t23-,29-/m1/s1. The summed E-state index contributed by atoms with van der Waals surface area (Å²) in [5.41, 5.74) is 1.80. The molecule has 0 radical (unpaired) electrons. The van der Waals surface area contributed by atoms with Gasteiger partial charge in [0.25, 0.3) is 0 Å². The molecule has 0 bridgehead atoms. The first kappa shape index (κ1) is 26.4. The van der Waals surface area contributed by atoms with Gasteiger partial charge in [0.15, 0.2) is 0 Å². The van der Waals surface area contributed by atoms with Crippen molar-refractivity contribution in [1.29, 1.82) is 0 Å². The highest BCUT2D eigenvalue weighted by Crippen LogP contribution is 2.30. The number of rotatable bonds is 9. The van der Waals surface area contributed by atoms with Gasteiger partial charge in [0.2, 0.25) is 11.8 Å². The van der Waals surface area contributed by atoms with Crippen LogP contribution in [0.1, 0.15) is 12.0 Å². The van der Waals surface area contributed by atoms with E-state index in [9.17, 15) is 14.0 Å². The highest BCUT2D eigenvalue weighted by molar-refractivity contribution is 8.00. The molecular weight excluding hydrogens is 513 g/mol. The van der Waals surface area contributed by atoms with Gasteiger partial charge in [-0.25, -0.2) is 4.39 Å². The first-order valence-corrected chi connectivity index (χ1v) is 13.7. The van der Waals surface area contributed by atoms with Gasteiger partial charge in [0.05, 0.1) is 5.75 Å². The zero-order valence-electron chi connectivity index (χ0n) is 21.2. The molecule has 5 rings (SSSR count). The van der Waals surface area contributed by atoms with E-state index in [2.05, 4.69) is 22.4 Å². The summed E-state index contributed by atoms with van der Waals surface area (Å²) < 4.78 is 18.9. The number of benzene rings is 3. The van der Waals surface area contributed by atoms with Gasteiger partial charge in [-0.05, 0) is 85.0 Å². The number of hydrogen-bond donors (Lipinski definition) is 1. The van der Waals surface area contributed by atoms with E-state index in [-0.39, 0.29) is 29.3 Å². The fourth-order valence-electron chi connectivity index (χ4n) is 4.68. The molecule has 3 aromatic carbocycles. The maximum atomic E-state index is 13.4. The van der Waals surface area contributed by atoms with Crippen LogP contribution in [0, 0.1) is 11.7 Å². The minimum absolute atomic E-state index is 0.0597. The molecule has 2 heterocycles. The quantitative estimate of drug-likeness (QED) is 0.255. The Morgan fingerprint density at radius 1 is 0.923 bits per heavy atom. The Hall–Kier alpha value is -4.17. The molecule has 4 aromatic rings. The Balaban J connectivity index is 1.25. The second-order valence-corrected chi connectivity index (χ2v) is 10.4. The van der Waals surface area contributed by atoms with Crippen molar-refractivity contribution >= 4 is 29.3 Å². The number of thioether (sulfide) groups is 1. The van der Waals surface area contributed by atoms with Crippen LogP contribution in [0.2, 0.25) is 0 Å². The second-order valence-electron chi connectivity index (χ2n) is 9.39. The summed E-state index contributed by atoms with van der Waals surface area (Å²) in [5, 5.41) is 2.97. The molecule has 1 N–H and O–H groups in total. The van der Waals surface area contributed by atoms with E-state index in [1.165, 1.54) is 29.5 Å². The van der Waals surface area contributed by atoms with E-state index in [0.717, 1.165) is 11.3 Å². The van der Waals surface area contributed by atoms with Crippen molar-refractivity contribution in [1.82, 2.24) is 9.88 Å². The zero-order chi connectivity index (χ0) is 27.0. The van der Waals surface area contributed by atoms with E-state index < -0.39 is 6.04 Å². The lowest BCUT2D eigenvalue weighted by Gasteiger charge is -2.24. The summed E-state index contributed by atoms with van der Waals surface area (Å²) in [5.74, 6) is 0.916. The van der Waals surface area contributed by atoms with Crippen LogP contribution in [0.15, 0.2) is 108 Å². The van der Waals surface area contributed by atoms with Crippen LogP contribution >= 0.6 is 11.8 Å².